The van der Waals surface area contributed by atoms with Gasteiger partial charge in [0.05, 0.1) is 10.7 Å². The number of anilines is 1. The molecular formula is C15H19N3OS2. The van der Waals surface area contributed by atoms with Gasteiger partial charge in [-0.25, -0.2) is 0 Å². The summed E-state index contributed by atoms with van der Waals surface area (Å²) in [4.78, 5) is 4.66. The second kappa shape index (κ2) is 5.93. The van der Waals surface area contributed by atoms with E-state index in [2.05, 4.69) is 24.0 Å². The third-order valence-electron chi connectivity index (χ3n) is 3.71. The van der Waals surface area contributed by atoms with E-state index in [1.807, 2.05) is 47.8 Å². The smallest absolute Gasteiger partial charge is 0.236 e. The van der Waals surface area contributed by atoms with Crippen LogP contribution in [0.1, 0.15) is 36.4 Å². The number of rotatable bonds is 3. The molecule has 6 heteroatoms. The number of nitrogens with two attached hydrogens (primary N) is 1. The minimum atomic E-state index is -0.314. The lowest BCUT2D eigenvalue weighted by Gasteiger charge is -2.21. The van der Waals surface area contributed by atoms with Crippen molar-refractivity contribution in [2.24, 2.45) is 0 Å². The highest BCUT2D eigenvalue weighted by molar-refractivity contribution is 8.06. The van der Waals surface area contributed by atoms with Crippen LogP contribution in [0.2, 0.25) is 0 Å². The molecule has 1 aromatic carbocycles. The summed E-state index contributed by atoms with van der Waals surface area (Å²) >= 11 is 3.87. The Morgan fingerprint density at radius 2 is 2.00 bits per heavy atom. The molecule has 0 spiro atoms. The van der Waals surface area contributed by atoms with E-state index >= 15 is 0 Å². The molecule has 3 rings (SSSR count). The van der Waals surface area contributed by atoms with E-state index in [1.54, 1.807) is 0 Å². The lowest BCUT2D eigenvalue weighted by molar-refractivity contribution is 0.329. The summed E-state index contributed by atoms with van der Waals surface area (Å²) in [6.45, 7) is 4.19. The molecule has 1 fully saturated rings. The minimum absolute atomic E-state index is 0.314. The topological polar surface area (TPSA) is 64.9 Å². The van der Waals surface area contributed by atoms with Gasteiger partial charge in [-0.3, -0.25) is 0 Å². The van der Waals surface area contributed by atoms with Gasteiger partial charge >= 0.3 is 0 Å². The van der Waals surface area contributed by atoms with E-state index in [4.69, 9.17) is 10.3 Å². The first-order chi connectivity index (χ1) is 10.1. The molecule has 21 heavy (non-hydrogen) atoms. The minimum Gasteiger partial charge on any atom is -0.399 e. The normalized spacial score (nSPS) is 19.6. The van der Waals surface area contributed by atoms with Crippen molar-refractivity contribution in [2.45, 2.75) is 24.5 Å². The maximum atomic E-state index is 5.75. The summed E-state index contributed by atoms with van der Waals surface area (Å²) < 4.78 is 5.55. The maximum Gasteiger partial charge on any atom is 0.236 e. The number of hydrogen-bond acceptors (Lipinski definition) is 6. The van der Waals surface area contributed by atoms with Crippen LogP contribution in [-0.4, -0.2) is 27.4 Å². The number of hydrogen-bond donors (Lipinski definition) is 1. The van der Waals surface area contributed by atoms with Crippen LogP contribution in [0, 0.1) is 0 Å². The number of thioether (sulfide) groups is 2. The molecule has 1 saturated heterocycles. The fraction of sp³-hybridized carbons (Fsp3) is 0.467. The van der Waals surface area contributed by atoms with Crippen molar-refractivity contribution in [3.05, 3.63) is 41.5 Å². The standard InChI is InChI=1S/C15H19N3OS2/c1-15(2,10-3-5-11(16)6-4-10)14-17-13(18-19-14)12-9-20-7-8-21-12/h3-6,12H,7-9,16H2,1-2H3. The predicted octanol–water partition coefficient (Wildman–Crippen LogP) is 3.50. The van der Waals surface area contributed by atoms with Crippen LogP contribution in [-0.2, 0) is 5.41 Å². The lowest BCUT2D eigenvalue weighted by Crippen LogP contribution is -2.19. The van der Waals surface area contributed by atoms with Gasteiger partial charge in [0.1, 0.15) is 0 Å². The van der Waals surface area contributed by atoms with Crippen LogP contribution >= 0.6 is 23.5 Å². The quantitative estimate of drug-likeness (QED) is 0.873. The molecule has 2 aromatic rings. The van der Waals surface area contributed by atoms with Gasteiger partial charge in [-0.05, 0) is 31.5 Å². The van der Waals surface area contributed by atoms with Crippen LogP contribution < -0.4 is 5.73 Å². The molecule has 1 unspecified atom stereocenters. The van der Waals surface area contributed by atoms with E-state index in [0.717, 1.165) is 28.6 Å². The molecule has 2 N–H and O–H groups in total. The monoisotopic (exact) mass is 321 g/mol. The van der Waals surface area contributed by atoms with Crippen molar-refractivity contribution >= 4 is 29.2 Å². The van der Waals surface area contributed by atoms with Crippen molar-refractivity contribution < 1.29 is 4.52 Å². The summed E-state index contributed by atoms with van der Waals surface area (Å²) in [5, 5.41) is 4.55. The maximum absolute atomic E-state index is 5.75. The summed E-state index contributed by atoms with van der Waals surface area (Å²) in [6.07, 6.45) is 0. The van der Waals surface area contributed by atoms with E-state index in [9.17, 15) is 0 Å². The van der Waals surface area contributed by atoms with E-state index in [-0.39, 0.29) is 5.41 Å². The largest absolute Gasteiger partial charge is 0.399 e. The van der Waals surface area contributed by atoms with Gasteiger partial charge in [0.15, 0.2) is 5.82 Å². The Balaban J connectivity index is 1.85. The Labute approximate surface area is 133 Å². The molecule has 112 valence electrons. The number of nitrogen functional groups attached to an aromatic ring is 1. The molecule has 0 radical (unpaired) electrons. The summed E-state index contributed by atoms with van der Waals surface area (Å²) in [7, 11) is 0. The van der Waals surface area contributed by atoms with Crippen molar-refractivity contribution in [1.29, 1.82) is 0 Å². The molecule has 0 amide bonds. The Kier molecular flexibility index (Phi) is 4.17. The highest BCUT2D eigenvalue weighted by atomic mass is 32.2. The molecule has 1 atom stereocenters. The van der Waals surface area contributed by atoms with Crippen molar-refractivity contribution in [1.82, 2.24) is 10.1 Å². The van der Waals surface area contributed by atoms with Gasteiger partial charge in [0.25, 0.3) is 0 Å². The van der Waals surface area contributed by atoms with E-state index in [1.165, 1.54) is 5.75 Å². The molecule has 4 nitrogen and oxygen atoms in total. The van der Waals surface area contributed by atoms with Crippen molar-refractivity contribution in [3.8, 4) is 0 Å². The average Bonchev–Trinajstić information content (AvgIpc) is 2.99. The first-order valence-electron chi connectivity index (χ1n) is 6.97. The van der Waals surface area contributed by atoms with E-state index in [0.29, 0.717) is 11.1 Å². The van der Waals surface area contributed by atoms with Gasteiger partial charge < -0.3 is 10.3 Å². The number of aromatic nitrogens is 2. The SMILES string of the molecule is CC(C)(c1ccc(N)cc1)c1nc(C2CSCCS2)no1. The van der Waals surface area contributed by atoms with Gasteiger partial charge in [-0.2, -0.15) is 16.7 Å². The van der Waals surface area contributed by atoms with Crippen LogP contribution in [0.5, 0.6) is 0 Å². The summed E-state index contributed by atoms with van der Waals surface area (Å²) in [5.74, 6) is 4.92. The molecule has 0 bridgehead atoms. The molecule has 2 heterocycles. The Morgan fingerprint density at radius 1 is 1.24 bits per heavy atom. The molecule has 0 saturated carbocycles. The third-order valence-corrected chi connectivity index (χ3v) is 6.46. The van der Waals surface area contributed by atoms with Crippen molar-refractivity contribution in [3.63, 3.8) is 0 Å². The molecule has 1 aliphatic heterocycles. The third kappa shape index (κ3) is 3.06. The number of benzene rings is 1. The second-order valence-electron chi connectivity index (χ2n) is 5.64. The zero-order valence-electron chi connectivity index (χ0n) is 12.2. The fourth-order valence-corrected chi connectivity index (χ4v) is 4.87. The Hall–Kier alpha value is -1.14. The average molecular weight is 321 g/mol. The summed E-state index contributed by atoms with van der Waals surface area (Å²) in [6, 6.07) is 7.85. The first-order valence-corrected chi connectivity index (χ1v) is 9.17. The Bertz CT molecular complexity index is 604. The zero-order valence-corrected chi connectivity index (χ0v) is 13.8. The molecule has 0 aliphatic carbocycles. The van der Waals surface area contributed by atoms with Crippen molar-refractivity contribution in [2.75, 3.05) is 23.0 Å². The highest BCUT2D eigenvalue weighted by Gasteiger charge is 2.31. The molecule has 1 aromatic heterocycles. The van der Waals surface area contributed by atoms with Gasteiger partial charge in [0, 0.05) is 22.9 Å². The molecule has 1 aliphatic rings. The number of nitrogens with zero attached hydrogens (tertiary/aromatic N) is 2. The molecular weight excluding hydrogens is 302 g/mol. The second-order valence-corrected chi connectivity index (χ2v) is 8.10. The van der Waals surface area contributed by atoms with Gasteiger partial charge in [0.2, 0.25) is 5.89 Å². The van der Waals surface area contributed by atoms with Crippen LogP contribution in [0.3, 0.4) is 0 Å². The first kappa shape index (κ1) is 14.8. The van der Waals surface area contributed by atoms with E-state index < -0.39 is 0 Å². The van der Waals surface area contributed by atoms with Crippen LogP contribution in [0.25, 0.3) is 0 Å². The van der Waals surface area contributed by atoms with Gasteiger partial charge in [-0.15, -0.1) is 11.8 Å². The lowest BCUT2D eigenvalue weighted by atomic mass is 9.84. The van der Waals surface area contributed by atoms with Crippen LogP contribution in [0.15, 0.2) is 28.8 Å². The fourth-order valence-electron chi connectivity index (χ4n) is 2.28. The zero-order chi connectivity index (χ0) is 14.9. The predicted molar refractivity (Wildman–Crippen MR) is 89.8 cm³/mol. The summed E-state index contributed by atoms with van der Waals surface area (Å²) in [5.41, 5.74) is 7.32. The van der Waals surface area contributed by atoms with Gasteiger partial charge in [-0.1, -0.05) is 17.3 Å². The Morgan fingerprint density at radius 3 is 2.67 bits per heavy atom. The highest BCUT2D eigenvalue weighted by Crippen LogP contribution is 2.37. The van der Waals surface area contributed by atoms with Crippen LogP contribution in [0.4, 0.5) is 5.69 Å².